The van der Waals surface area contributed by atoms with Crippen LogP contribution in [0.3, 0.4) is 0 Å². The topological polar surface area (TPSA) is 62.4 Å². The Bertz CT molecular complexity index is 235. The van der Waals surface area contributed by atoms with Gasteiger partial charge < -0.3 is 20.7 Å². The Morgan fingerprint density at radius 2 is 2.00 bits per heavy atom. The molecule has 0 radical (unpaired) electrons. The summed E-state index contributed by atoms with van der Waals surface area (Å²) in [6, 6.07) is 0. The van der Waals surface area contributed by atoms with Crippen LogP contribution in [-0.4, -0.2) is 44.4 Å². The van der Waals surface area contributed by atoms with Gasteiger partial charge in [-0.3, -0.25) is 4.79 Å². The van der Waals surface area contributed by atoms with Crippen molar-refractivity contribution in [3.63, 3.8) is 0 Å². The van der Waals surface area contributed by atoms with Gasteiger partial charge in [-0.15, -0.1) is 0 Å². The highest BCUT2D eigenvalue weighted by Crippen LogP contribution is 1.86. The Labute approximate surface area is 109 Å². The molecule has 5 nitrogen and oxygen atoms in total. The van der Waals surface area contributed by atoms with Gasteiger partial charge in [0, 0.05) is 26.8 Å². The third-order valence-electron chi connectivity index (χ3n) is 1.93. The molecule has 0 aromatic rings. The zero-order chi connectivity index (χ0) is 13.1. The van der Waals surface area contributed by atoms with Gasteiger partial charge in [-0.05, 0) is 24.6 Å². The molecule has 0 bridgehead atoms. The SMILES string of the molecule is COCCCNC(=S)NCC(=O)NCC(C)C. The van der Waals surface area contributed by atoms with Crippen LogP contribution in [0, 0.1) is 5.92 Å². The number of carbonyl (C=O) groups excluding carboxylic acids is 1. The minimum absolute atomic E-state index is 0.0419. The molecule has 0 atom stereocenters. The van der Waals surface area contributed by atoms with E-state index in [0.717, 1.165) is 13.0 Å². The lowest BCUT2D eigenvalue weighted by atomic mass is 10.2. The lowest BCUT2D eigenvalue weighted by Crippen LogP contribution is -2.42. The monoisotopic (exact) mass is 261 g/mol. The summed E-state index contributed by atoms with van der Waals surface area (Å²) in [6.45, 7) is 6.44. The van der Waals surface area contributed by atoms with Gasteiger partial charge >= 0.3 is 0 Å². The Hall–Kier alpha value is -0.880. The molecular weight excluding hydrogens is 238 g/mol. The van der Waals surface area contributed by atoms with E-state index in [2.05, 4.69) is 29.8 Å². The average molecular weight is 261 g/mol. The number of ether oxygens (including phenoxy) is 1. The smallest absolute Gasteiger partial charge is 0.239 e. The van der Waals surface area contributed by atoms with Crippen LogP contribution in [0.5, 0.6) is 0 Å². The Morgan fingerprint density at radius 1 is 1.29 bits per heavy atom. The van der Waals surface area contributed by atoms with Crippen LogP contribution >= 0.6 is 12.2 Å². The van der Waals surface area contributed by atoms with E-state index in [1.807, 2.05) is 0 Å². The number of hydrogen-bond donors (Lipinski definition) is 3. The molecule has 0 fully saturated rings. The molecule has 0 aliphatic heterocycles. The summed E-state index contributed by atoms with van der Waals surface area (Å²) in [5, 5.41) is 9.15. The van der Waals surface area contributed by atoms with E-state index in [0.29, 0.717) is 24.2 Å². The predicted molar refractivity (Wildman–Crippen MR) is 72.9 cm³/mol. The van der Waals surface area contributed by atoms with Gasteiger partial charge in [-0.1, -0.05) is 13.8 Å². The van der Waals surface area contributed by atoms with Crippen molar-refractivity contribution in [1.82, 2.24) is 16.0 Å². The maximum Gasteiger partial charge on any atom is 0.239 e. The number of hydrogen-bond acceptors (Lipinski definition) is 3. The van der Waals surface area contributed by atoms with Gasteiger partial charge in [-0.2, -0.15) is 0 Å². The maximum atomic E-state index is 11.3. The Morgan fingerprint density at radius 3 is 2.59 bits per heavy atom. The normalized spacial score (nSPS) is 10.1. The first-order valence-corrected chi connectivity index (χ1v) is 6.24. The van der Waals surface area contributed by atoms with Crippen molar-refractivity contribution < 1.29 is 9.53 Å². The standard InChI is InChI=1S/C11H23N3O2S/c1-9(2)7-13-10(15)8-14-11(17)12-5-4-6-16-3/h9H,4-8H2,1-3H3,(H,13,15)(H2,12,14,17). The molecule has 0 aromatic heterocycles. The maximum absolute atomic E-state index is 11.3. The molecule has 0 rings (SSSR count). The fourth-order valence-electron chi connectivity index (χ4n) is 1.02. The molecular formula is C11H23N3O2S. The molecule has 17 heavy (non-hydrogen) atoms. The second-order valence-corrected chi connectivity index (χ2v) is 4.56. The van der Waals surface area contributed by atoms with Crippen LogP contribution in [0.25, 0.3) is 0 Å². The molecule has 0 spiro atoms. The molecule has 6 heteroatoms. The predicted octanol–water partition coefficient (Wildman–Crippen LogP) is 0.259. The Kier molecular flexibility index (Phi) is 9.75. The summed E-state index contributed by atoms with van der Waals surface area (Å²) in [7, 11) is 1.66. The number of nitrogens with one attached hydrogen (secondary N) is 3. The molecule has 0 aliphatic carbocycles. The van der Waals surface area contributed by atoms with E-state index >= 15 is 0 Å². The van der Waals surface area contributed by atoms with Crippen LogP contribution < -0.4 is 16.0 Å². The van der Waals surface area contributed by atoms with Gasteiger partial charge in [0.05, 0.1) is 6.54 Å². The summed E-state index contributed by atoms with van der Waals surface area (Å²) in [6.07, 6.45) is 0.887. The summed E-state index contributed by atoms with van der Waals surface area (Å²) < 4.78 is 4.91. The van der Waals surface area contributed by atoms with Gasteiger partial charge in [0.25, 0.3) is 0 Å². The summed E-state index contributed by atoms with van der Waals surface area (Å²) in [4.78, 5) is 11.3. The summed E-state index contributed by atoms with van der Waals surface area (Å²) in [5.74, 6) is 0.415. The fraction of sp³-hybridized carbons (Fsp3) is 0.818. The molecule has 0 aromatic carbocycles. The summed E-state index contributed by atoms with van der Waals surface area (Å²) in [5.41, 5.74) is 0. The van der Waals surface area contributed by atoms with Crippen molar-refractivity contribution in [3.8, 4) is 0 Å². The van der Waals surface area contributed by atoms with Crippen molar-refractivity contribution in [2.75, 3.05) is 33.4 Å². The molecule has 3 N–H and O–H groups in total. The van der Waals surface area contributed by atoms with Crippen LogP contribution in [0.4, 0.5) is 0 Å². The first-order valence-electron chi connectivity index (χ1n) is 5.83. The van der Waals surface area contributed by atoms with Crippen molar-refractivity contribution in [3.05, 3.63) is 0 Å². The third-order valence-corrected chi connectivity index (χ3v) is 2.22. The lowest BCUT2D eigenvalue weighted by molar-refractivity contribution is -0.120. The molecule has 0 heterocycles. The zero-order valence-corrected chi connectivity index (χ0v) is 11.7. The molecule has 0 unspecified atom stereocenters. The molecule has 0 saturated carbocycles. The highest BCUT2D eigenvalue weighted by Gasteiger charge is 2.02. The van der Waals surface area contributed by atoms with Crippen molar-refractivity contribution >= 4 is 23.2 Å². The van der Waals surface area contributed by atoms with Gasteiger partial charge in [0.15, 0.2) is 5.11 Å². The number of thiocarbonyl (C=S) groups is 1. The number of carbonyl (C=O) groups is 1. The molecule has 0 aliphatic rings. The number of rotatable bonds is 8. The van der Waals surface area contributed by atoms with E-state index in [-0.39, 0.29) is 12.5 Å². The van der Waals surface area contributed by atoms with Crippen molar-refractivity contribution in [1.29, 1.82) is 0 Å². The van der Waals surface area contributed by atoms with E-state index in [9.17, 15) is 4.79 Å². The minimum Gasteiger partial charge on any atom is -0.385 e. The van der Waals surface area contributed by atoms with Gasteiger partial charge in [0.1, 0.15) is 0 Å². The van der Waals surface area contributed by atoms with Crippen molar-refractivity contribution in [2.24, 2.45) is 5.92 Å². The quantitative estimate of drug-likeness (QED) is 0.432. The summed E-state index contributed by atoms with van der Waals surface area (Å²) >= 11 is 5.01. The fourth-order valence-corrected chi connectivity index (χ4v) is 1.20. The Balaban J connectivity index is 3.45. The first-order chi connectivity index (χ1) is 8.06. The van der Waals surface area contributed by atoms with Gasteiger partial charge in [-0.25, -0.2) is 0 Å². The highest BCUT2D eigenvalue weighted by atomic mass is 32.1. The van der Waals surface area contributed by atoms with Crippen LogP contribution in [0.1, 0.15) is 20.3 Å². The van der Waals surface area contributed by atoms with Crippen LogP contribution in [0.15, 0.2) is 0 Å². The number of methoxy groups -OCH3 is 1. The lowest BCUT2D eigenvalue weighted by Gasteiger charge is -2.11. The van der Waals surface area contributed by atoms with E-state index in [4.69, 9.17) is 17.0 Å². The second-order valence-electron chi connectivity index (χ2n) is 4.15. The number of amides is 1. The van der Waals surface area contributed by atoms with E-state index in [1.165, 1.54) is 0 Å². The zero-order valence-electron chi connectivity index (χ0n) is 10.8. The largest absolute Gasteiger partial charge is 0.385 e. The van der Waals surface area contributed by atoms with E-state index in [1.54, 1.807) is 7.11 Å². The third kappa shape index (κ3) is 11.4. The minimum atomic E-state index is -0.0419. The van der Waals surface area contributed by atoms with Gasteiger partial charge in [0.2, 0.25) is 5.91 Å². The van der Waals surface area contributed by atoms with Crippen molar-refractivity contribution in [2.45, 2.75) is 20.3 Å². The molecule has 1 amide bonds. The second kappa shape index (κ2) is 10.3. The van der Waals surface area contributed by atoms with E-state index < -0.39 is 0 Å². The van der Waals surface area contributed by atoms with Crippen LogP contribution in [0.2, 0.25) is 0 Å². The average Bonchev–Trinajstić information content (AvgIpc) is 2.29. The highest BCUT2D eigenvalue weighted by molar-refractivity contribution is 7.80. The van der Waals surface area contributed by atoms with Crippen LogP contribution in [-0.2, 0) is 9.53 Å². The molecule has 100 valence electrons. The molecule has 0 saturated heterocycles. The first kappa shape index (κ1) is 16.1.